The highest BCUT2D eigenvalue weighted by molar-refractivity contribution is 7.89. The van der Waals surface area contributed by atoms with E-state index in [0.717, 1.165) is 25.7 Å². The Labute approximate surface area is 152 Å². The molecule has 1 aromatic rings. The largest absolute Gasteiger partial charge is 0.497 e. The third-order valence-corrected chi connectivity index (χ3v) is 6.69. The molecule has 0 saturated heterocycles. The van der Waals surface area contributed by atoms with E-state index in [9.17, 15) is 8.42 Å². The molecule has 0 radical (unpaired) electrons. The molecule has 25 heavy (non-hydrogen) atoms. The summed E-state index contributed by atoms with van der Waals surface area (Å²) in [7, 11) is -1.99. The Morgan fingerprint density at radius 2 is 1.68 bits per heavy atom. The highest BCUT2D eigenvalue weighted by atomic mass is 32.2. The molecule has 0 aliphatic carbocycles. The molecule has 1 aromatic carbocycles. The zero-order chi connectivity index (χ0) is 18.1. The zero-order valence-corrected chi connectivity index (χ0v) is 16.3. The lowest BCUT2D eigenvalue weighted by Crippen LogP contribution is -2.32. The topological polar surface area (TPSA) is 55.8 Å². The van der Waals surface area contributed by atoms with E-state index in [-0.39, 0.29) is 4.90 Å². The minimum absolute atomic E-state index is 0.241. The van der Waals surface area contributed by atoms with Crippen LogP contribution in [0.1, 0.15) is 58.3 Å². The third kappa shape index (κ3) is 5.61. The number of nitrogens with zero attached hydrogens (tertiary/aromatic N) is 1. The molecule has 0 unspecified atom stereocenters. The fourth-order valence-corrected chi connectivity index (χ4v) is 4.76. The van der Waals surface area contributed by atoms with Gasteiger partial charge in [-0.1, -0.05) is 45.4 Å². The molecule has 6 heteroatoms. The van der Waals surface area contributed by atoms with Gasteiger partial charge in [-0.25, -0.2) is 8.42 Å². The summed E-state index contributed by atoms with van der Waals surface area (Å²) in [6, 6.07) is 4.96. The maximum Gasteiger partial charge on any atom is 0.246 e. The van der Waals surface area contributed by atoms with Crippen molar-refractivity contribution in [2.75, 3.05) is 26.8 Å². The van der Waals surface area contributed by atoms with Crippen molar-refractivity contribution in [1.29, 1.82) is 0 Å². The van der Waals surface area contributed by atoms with Gasteiger partial charge in [0.1, 0.15) is 16.4 Å². The molecule has 2 rings (SSSR count). The van der Waals surface area contributed by atoms with E-state index >= 15 is 0 Å². The highest BCUT2D eigenvalue weighted by Crippen LogP contribution is 2.31. The number of methoxy groups -OCH3 is 1. The molecule has 0 saturated carbocycles. The van der Waals surface area contributed by atoms with Crippen molar-refractivity contribution >= 4 is 10.0 Å². The maximum absolute atomic E-state index is 13.1. The summed E-state index contributed by atoms with van der Waals surface area (Å²) in [4.78, 5) is 0.241. The van der Waals surface area contributed by atoms with Crippen molar-refractivity contribution < 1.29 is 17.9 Å². The van der Waals surface area contributed by atoms with Gasteiger partial charge in [-0.2, -0.15) is 4.31 Å². The Hall–Kier alpha value is -1.27. The van der Waals surface area contributed by atoms with Crippen LogP contribution in [0.5, 0.6) is 11.5 Å². The molecule has 5 nitrogen and oxygen atoms in total. The fraction of sp³-hybridized carbons (Fsp3) is 0.684. The van der Waals surface area contributed by atoms with Crippen molar-refractivity contribution in [3.05, 3.63) is 18.2 Å². The van der Waals surface area contributed by atoms with Crippen LogP contribution in [0.4, 0.5) is 0 Å². The Bertz CT molecular complexity index is 630. The van der Waals surface area contributed by atoms with Gasteiger partial charge in [-0.15, -0.1) is 0 Å². The predicted molar refractivity (Wildman–Crippen MR) is 99.9 cm³/mol. The van der Waals surface area contributed by atoms with Crippen LogP contribution in [0.25, 0.3) is 0 Å². The second-order valence-electron chi connectivity index (χ2n) is 6.49. The van der Waals surface area contributed by atoms with Crippen LogP contribution in [0.3, 0.4) is 0 Å². The van der Waals surface area contributed by atoms with Crippen molar-refractivity contribution in [3.63, 3.8) is 0 Å². The molecule has 1 aliphatic rings. The monoisotopic (exact) mass is 369 g/mol. The van der Waals surface area contributed by atoms with Gasteiger partial charge in [-0.05, 0) is 25.0 Å². The third-order valence-electron chi connectivity index (χ3n) is 4.68. The molecule has 0 bridgehead atoms. The van der Waals surface area contributed by atoms with Gasteiger partial charge >= 0.3 is 0 Å². The summed E-state index contributed by atoms with van der Waals surface area (Å²) in [5.41, 5.74) is 0. The normalized spacial score (nSPS) is 20.6. The number of benzene rings is 1. The number of hydrogen-bond donors (Lipinski definition) is 0. The molecular weight excluding hydrogens is 338 g/mol. The van der Waals surface area contributed by atoms with Crippen molar-refractivity contribution in [2.45, 2.75) is 63.2 Å². The van der Waals surface area contributed by atoms with Crippen molar-refractivity contribution in [1.82, 2.24) is 4.31 Å². The number of sulfonamides is 1. The molecule has 0 amide bonds. The van der Waals surface area contributed by atoms with Crippen LogP contribution < -0.4 is 9.47 Å². The molecule has 0 aromatic heterocycles. The molecule has 142 valence electrons. The Balaban J connectivity index is 2.31. The van der Waals surface area contributed by atoms with Crippen LogP contribution in [0, 0.1) is 0 Å². The van der Waals surface area contributed by atoms with Gasteiger partial charge in [0.25, 0.3) is 0 Å². The molecule has 1 aliphatic heterocycles. The van der Waals surface area contributed by atoms with Gasteiger partial charge in [0.05, 0.1) is 13.7 Å². The van der Waals surface area contributed by atoms with E-state index in [1.165, 1.54) is 25.7 Å². The summed E-state index contributed by atoms with van der Waals surface area (Å²) in [6.45, 7) is 3.44. The summed E-state index contributed by atoms with van der Waals surface area (Å²) < 4.78 is 38.8. The van der Waals surface area contributed by atoms with Gasteiger partial charge in [0.2, 0.25) is 10.0 Å². The van der Waals surface area contributed by atoms with E-state index in [4.69, 9.17) is 9.47 Å². The summed E-state index contributed by atoms with van der Waals surface area (Å²) >= 11 is 0. The Kier molecular flexibility index (Phi) is 8.03. The molecule has 0 fully saturated rings. The standard InChI is InChI=1S/C19H31NO4S/c1-3-20-14-10-8-6-4-5-7-9-11-15-24-18-16-17(23-2)12-13-19(18)25(20,21)22/h12-13,16H,3-11,14-15H2,1-2H3. The first kappa shape index (κ1) is 20.0. The predicted octanol–water partition coefficient (Wildman–Crippen LogP) is 4.22. The number of ether oxygens (including phenoxy) is 2. The van der Waals surface area contributed by atoms with Crippen LogP contribution >= 0.6 is 0 Å². The van der Waals surface area contributed by atoms with Crippen LogP contribution in [0.2, 0.25) is 0 Å². The first-order chi connectivity index (χ1) is 12.1. The van der Waals surface area contributed by atoms with Crippen LogP contribution in [-0.2, 0) is 10.0 Å². The second kappa shape index (κ2) is 10.0. The molecule has 0 N–H and O–H groups in total. The van der Waals surface area contributed by atoms with Crippen molar-refractivity contribution in [3.8, 4) is 11.5 Å². The smallest absolute Gasteiger partial charge is 0.246 e. The number of hydrogen-bond acceptors (Lipinski definition) is 4. The zero-order valence-electron chi connectivity index (χ0n) is 15.5. The molecule has 0 spiro atoms. The summed E-state index contributed by atoms with van der Waals surface area (Å²) in [5, 5.41) is 0. The Morgan fingerprint density at radius 3 is 2.32 bits per heavy atom. The van der Waals surface area contributed by atoms with Gasteiger partial charge in [0.15, 0.2) is 0 Å². The maximum atomic E-state index is 13.1. The molecule has 1 heterocycles. The van der Waals surface area contributed by atoms with Gasteiger partial charge in [0, 0.05) is 19.2 Å². The minimum Gasteiger partial charge on any atom is -0.497 e. The first-order valence-corrected chi connectivity index (χ1v) is 10.8. The lowest BCUT2D eigenvalue weighted by Gasteiger charge is -2.22. The molecular formula is C19H31NO4S. The average molecular weight is 370 g/mol. The lowest BCUT2D eigenvalue weighted by molar-refractivity contribution is 0.293. The Morgan fingerprint density at radius 1 is 1.04 bits per heavy atom. The number of rotatable bonds is 2. The van der Waals surface area contributed by atoms with Crippen molar-refractivity contribution in [2.24, 2.45) is 0 Å². The van der Waals surface area contributed by atoms with Gasteiger partial charge in [-0.3, -0.25) is 0 Å². The van der Waals surface area contributed by atoms with E-state index in [1.54, 1.807) is 29.6 Å². The summed E-state index contributed by atoms with van der Waals surface area (Å²) in [6.07, 6.45) is 8.92. The van der Waals surface area contributed by atoms with E-state index < -0.39 is 10.0 Å². The quantitative estimate of drug-likeness (QED) is 0.783. The number of fused-ring (bicyclic) bond motifs is 1. The average Bonchev–Trinajstić information content (AvgIpc) is 2.62. The van der Waals surface area contributed by atoms with Crippen LogP contribution in [-0.4, -0.2) is 39.5 Å². The van der Waals surface area contributed by atoms with E-state index in [1.807, 2.05) is 6.92 Å². The van der Waals surface area contributed by atoms with Crippen LogP contribution in [0.15, 0.2) is 23.1 Å². The molecule has 0 atom stereocenters. The van der Waals surface area contributed by atoms with Gasteiger partial charge < -0.3 is 9.47 Å². The fourth-order valence-electron chi connectivity index (χ4n) is 3.16. The highest BCUT2D eigenvalue weighted by Gasteiger charge is 2.27. The minimum atomic E-state index is -3.56. The summed E-state index contributed by atoms with van der Waals surface area (Å²) in [5.74, 6) is 1.00. The first-order valence-electron chi connectivity index (χ1n) is 9.40. The van der Waals surface area contributed by atoms with E-state index in [0.29, 0.717) is 31.2 Å². The SMILES string of the molecule is CCN1CCCCCCCCCCOc2cc(OC)ccc2S1(=O)=O. The second-order valence-corrected chi connectivity index (χ2v) is 8.39. The lowest BCUT2D eigenvalue weighted by atomic mass is 10.1. The van der Waals surface area contributed by atoms with E-state index in [2.05, 4.69) is 0 Å².